The van der Waals surface area contributed by atoms with E-state index in [0.29, 0.717) is 25.7 Å². The van der Waals surface area contributed by atoms with E-state index >= 15 is 0 Å². The number of carbonyl (C=O) groups excluding carboxylic acids is 5. The molecule has 2 heterocycles. The second kappa shape index (κ2) is 16.6. The molecule has 14 heteroatoms. The minimum atomic E-state index is -3.58. The Labute approximate surface area is 286 Å². The van der Waals surface area contributed by atoms with Gasteiger partial charge in [-0.15, -0.1) is 6.58 Å². The van der Waals surface area contributed by atoms with E-state index in [9.17, 15) is 32.4 Å². The molecule has 5 amide bonds. The van der Waals surface area contributed by atoms with Crippen molar-refractivity contribution in [1.29, 1.82) is 0 Å². The van der Waals surface area contributed by atoms with E-state index in [1.54, 1.807) is 0 Å². The van der Waals surface area contributed by atoms with Crippen LogP contribution in [0.25, 0.3) is 0 Å². The van der Waals surface area contributed by atoms with E-state index in [-0.39, 0.29) is 43.7 Å². The van der Waals surface area contributed by atoms with E-state index < -0.39 is 73.9 Å². The number of unbranched alkanes of at least 4 members (excludes halogenated alkanes) is 1. The lowest BCUT2D eigenvalue weighted by Gasteiger charge is -2.42. The number of Topliss-reactive ketones (excluding diaryl/α,β-unsaturated/α-hetero) is 1. The topological polar surface area (TPSA) is 180 Å². The molecule has 0 spiro atoms. The number of amides is 5. The van der Waals surface area contributed by atoms with Crippen LogP contribution in [-0.4, -0.2) is 97.4 Å². The van der Waals surface area contributed by atoms with Gasteiger partial charge in [0.2, 0.25) is 17.6 Å². The van der Waals surface area contributed by atoms with Crippen LogP contribution in [0.15, 0.2) is 12.7 Å². The molecule has 2 aliphatic heterocycles. The Balaban J connectivity index is 1.85. The first-order valence-electron chi connectivity index (χ1n) is 17.4. The van der Waals surface area contributed by atoms with E-state index in [1.165, 1.54) is 11.0 Å². The van der Waals surface area contributed by atoms with Crippen LogP contribution in [0.4, 0.5) is 4.79 Å². The monoisotopic (exact) mass is 695 g/mol. The second-order valence-electron chi connectivity index (χ2n) is 15.0. The molecule has 0 radical (unpaired) electrons. The third-order valence-electron chi connectivity index (χ3n) is 9.88. The molecule has 0 aromatic heterocycles. The van der Waals surface area contributed by atoms with Crippen molar-refractivity contribution in [2.45, 2.75) is 128 Å². The van der Waals surface area contributed by atoms with E-state index in [4.69, 9.17) is 4.74 Å². The van der Waals surface area contributed by atoms with Crippen molar-refractivity contribution in [3.63, 3.8) is 0 Å². The summed E-state index contributed by atoms with van der Waals surface area (Å²) in [5.74, 6) is -2.54. The zero-order chi connectivity index (χ0) is 35.9. The van der Waals surface area contributed by atoms with Gasteiger partial charge in [-0.25, -0.2) is 13.2 Å². The van der Waals surface area contributed by atoms with Crippen LogP contribution in [0.5, 0.6) is 0 Å². The van der Waals surface area contributed by atoms with Gasteiger partial charge < -0.3 is 30.9 Å². The van der Waals surface area contributed by atoms with Crippen molar-refractivity contribution >= 4 is 39.4 Å². The summed E-state index contributed by atoms with van der Waals surface area (Å²) in [7, 11) is -3.58. The molecule has 3 fully saturated rings. The molecular formula is C34H57N5O8S. The molecule has 0 aromatic rings. The van der Waals surface area contributed by atoms with Crippen molar-refractivity contribution in [3.8, 4) is 0 Å². The van der Waals surface area contributed by atoms with Crippen LogP contribution in [0.1, 0.15) is 99.3 Å². The summed E-state index contributed by atoms with van der Waals surface area (Å²) in [5.41, 5.74) is -3.05. The summed E-state index contributed by atoms with van der Waals surface area (Å²) in [4.78, 5) is 69.0. The van der Waals surface area contributed by atoms with Crippen LogP contribution in [-0.2, 0) is 33.8 Å². The minimum Gasteiger partial charge on any atom is -0.359 e. The minimum absolute atomic E-state index is 0.0185. The molecule has 2 saturated heterocycles. The zero-order valence-electron chi connectivity index (χ0n) is 29.6. The van der Waals surface area contributed by atoms with Gasteiger partial charge in [0.15, 0.2) is 15.3 Å². The number of nitrogens with one attached hydrogen (secondary N) is 4. The van der Waals surface area contributed by atoms with E-state index in [0.717, 1.165) is 25.7 Å². The number of nitrogens with zero attached hydrogens (tertiary/aromatic N) is 1. The quantitative estimate of drug-likeness (QED) is 0.158. The van der Waals surface area contributed by atoms with Crippen molar-refractivity contribution < 1.29 is 37.1 Å². The normalized spacial score (nSPS) is 24.7. The third-order valence-corrected chi connectivity index (χ3v) is 11.9. The summed E-state index contributed by atoms with van der Waals surface area (Å²) in [6.07, 6.45) is 6.69. The number of ketones is 1. The highest BCUT2D eigenvalue weighted by Crippen LogP contribution is 2.38. The lowest BCUT2D eigenvalue weighted by atomic mass is 9.82. The SMILES string of the molecule is C=CCNC(=O)C(=O)[C@H](CCCC)NC(=O)[C@@H]1C[C@@H](C(C)C)CN1C(=O)[C@@H](NC(=O)NC1([C@@H]2OCCS2(=O)=O)CCCCC1)C(C)(C)C. The van der Waals surface area contributed by atoms with Crippen LogP contribution in [0.2, 0.25) is 0 Å². The standard InChI is InChI=1S/C34H57N5O8S/c1-8-10-14-24(26(40)29(42)35-17-9-2)36-28(41)25-20-23(22(3)4)21-39(25)30(43)27(33(5,6)7)37-32(44)38-34(15-12-11-13-16-34)31-47-18-19-48(31,45)46/h9,22-25,27,31H,2,8,10-21H2,1,3-7H3,(H,35,42)(H,36,41)(H2,37,38,44)/t23-,24+,25+,27-,31-/m1/s1. The molecule has 3 rings (SSSR count). The van der Waals surface area contributed by atoms with Gasteiger partial charge in [-0.2, -0.15) is 0 Å². The van der Waals surface area contributed by atoms with Gasteiger partial charge in [-0.3, -0.25) is 19.2 Å². The van der Waals surface area contributed by atoms with Crippen LogP contribution >= 0.6 is 0 Å². The highest BCUT2D eigenvalue weighted by molar-refractivity contribution is 7.92. The van der Waals surface area contributed by atoms with Crippen molar-refractivity contribution in [1.82, 2.24) is 26.2 Å². The van der Waals surface area contributed by atoms with Crippen molar-refractivity contribution in [2.75, 3.05) is 25.4 Å². The number of sulfone groups is 1. The lowest BCUT2D eigenvalue weighted by Crippen LogP contribution is -2.65. The number of carbonyl (C=O) groups is 5. The first kappa shape index (κ1) is 39.4. The number of rotatable bonds is 14. The van der Waals surface area contributed by atoms with Gasteiger partial charge in [0.25, 0.3) is 5.91 Å². The number of urea groups is 1. The fraction of sp³-hybridized carbons (Fsp3) is 0.794. The molecule has 0 bridgehead atoms. The maximum absolute atomic E-state index is 14.4. The number of likely N-dealkylation sites (tertiary alicyclic amines) is 1. The fourth-order valence-electron chi connectivity index (χ4n) is 6.99. The van der Waals surface area contributed by atoms with Gasteiger partial charge in [-0.05, 0) is 42.9 Å². The Kier molecular flexibility index (Phi) is 13.6. The molecule has 0 aromatic carbocycles. The summed E-state index contributed by atoms with van der Waals surface area (Å²) >= 11 is 0. The molecule has 272 valence electrons. The molecule has 0 unspecified atom stereocenters. The molecular weight excluding hydrogens is 638 g/mol. The third kappa shape index (κ3) is 9.58. The molecule has 13 nitrogen and oxygen atoms in total. The molecule has 1 aliphatic carbocycles. The lowest BCUT2D eigenvalue weighted by molar-refractivity contribution is -0.143. The van der Waals surface area contributed by atoms with Gasteiger partial charge in [0, 0.05) is 13.1 Å². The van der Waals surface area contributed by atoms with Gasteiger partial charge in [0.05, 0.1) is 23.9 Å². The summed E-state index contributed by atoms with van der Waals surface area (Å²) in [6, 6.07) is -3.72. The first-order valence-corrected chi connectivity index (χ1v) is 19.1. The molecule has 48 heavy (non-hydrogen) atoms. The number of hydrogen-bond acceptors (Lipinski definition) is 8. The number of ether oxygens (including phenoxy) is 1. The second-order valence-corrected chi connectivity index (χ2v) is 17.2. The average molecular weight is 696 g/mol. The number of hydrogen-bond donors (Lipinski definition) is 4. The molecule has 5 atom stereocenters. The Hall–Kier alpha value is -3.00. The van der Waals surface area contributed by atoms with E-state index in [1.807, 2.05) is 41.5 Å². The summed E-state index contributed by atoms with van der Waals surface area (Å²) in [6.45, 7) is 15.4. The van der Waals surface area contributed by atoms with E-state index in [2.05, 4.69) is 27.8 Å². The van der Waals surface area contributed by atoms with Crippen molar-refractivity contribution in [2.24, 2.45) is 17.3 Å². The zero-order valence-corrected chi connectivity index (χ0v) is 30.4. The van der Waals surface area contributed by atoms with Gasteiger partial charge in [0.1, 0.15) is 12.1 Å². The largest absolute Gasteiger partial charge is 0.359 e. The van der Waals surface area contributed by atoms with Crippen LogP contribution in [0.3, 0.4) is 0 Å². The Morgan fingerprint density at radius 1 is 1.06 bits per heavy atom. The first-order chi connectivity index (χ1) is 22.5. The van der Waals surface area contributed by atoms with Crippen molar-refractivity contribution in [3.05, 3.63) is 12.7 Å². The summed E-state index contributed by atoms with van der Waals surface area (Å²) < 4.78 is 31.5. The average Bonchev–Trinajstić information content (AvgIpc) is 3.63. The molecule has 4 N–H and O–H groups in total. The maximum Gasteiger partial charge on any atom is 0.316 e. The van der Waals surface area contributed by atoms with Crippen LogP contribution < -0.4 is 21.3 Å². The highest BCUT2D eigenvalue weighted by atomic mass is 32.2. The summed E-state index contributed by atoms with van der Waals surface area (Å²) in [5, 5.41) is 11.0. The smallest absolute Gasteiger partial charge is 0.316 e. The Morgan fingerprint density at radius 3 is 2.27 bits per heavy atom. The maximum atomic E-state index is 14.4. The predicted octanol–water partition coefficient (Wildman–Crippen LogP) is 2.59. The van der Waals surface area contributed by atoms with Crippen LogP contribution in [0, 0.1) is 17.3 Å². The predicted molar refractivity (Wildman–Crippen MR) is 182 cm³/mol. The molecule has 1 saturated carbocycles. The Bertz CT molecular complexity index is 1300. The van der Waals surface area contributed by atoms with Gasteiger partial charge in [-0.1, -0.05) is 79.7 Å². The Morgan fingerprint density at radius 2 is 1.73 bits per heavy atom. The fourth-order valence-corrected chi connectivity index (χ4v) is 8.82. The van der Waals surface area contributed by atoms with Gasteiger partial charge >= 0.3 is 6.03 Å². The molecule has 3 aliphatic rings. The highest BCUT2D eigenvalue weighted by Gasteiger charge is 2.52.